The molecule has 0 aliphatic carbocycles. The summed E-state index contributed by atoms with van der Waals surface area (Å²) < 4.78 is 13.6. The normalized spacial score (nSPS) is 13.1. The molecule has 0 bridgehead atoms. The molecule has 0 aliphatic heterocycles. The van der Waals surface area contributed by atoms with Crippen molar-refractivity contribution in [2.24, 2.45) is 5.73 Å². The Labute approximate surface area is 121 Å². The van der Waals surface area contributed by atoms with E-state index in [4.69, 9.17) is 5.73 Å². The van der Waals surface area contributed by atoms with E-state index in [1.54, 1.807) is 6.07 Å². The molecule has 0 spiro atoms. The largest absolute Gasteiger partial charge is 0.368 e. The Bertz CT molecular complexity index is 548. The van der Waals surface area contributed by atoms with E-state index in [0.29, 0.717) is 0 Å². The van der Waals surface area contributed by atoms with Gasteiger partial charge in [0.25, 0.3) is 0 Å². The minimum Gasteiger partial charge on any atom is -0.368 e. The standard InChI is InChI=1S/C14H18FN3O3/c1-8(13(16)20)17-14(21)12(18-9(2)19)7-10-5-3-4-6-11(10)15/h3-6,8,12H,7H2,1-2H3,(H2,16,20)(H,17,21)(H,18,19)/t8-,12+/m0/s1. The van der Waals surface area contributed by atoms with Gasteiger partial charge in [-0.3, -0.25) is 14.4 Å². The Morgan fingerprint density at radius 2 is 1.86 bits per heavy atom. The number of primary amides is 1. The predicted octanol–water partition coefficient (Wildman–Crippen LogP) is -0.137. The SMILES string of the molecule is CC(=O)N[C@H](Cc1ccccc1F)C(=O)N[C@@H](C)C(N)=O. The maximum absolute atomic E-state index is 13.6. The lowest BCUT2D eigenvalue weighted by Crippen LogP contribution is -2.52. The van der Waals surface area contributed by atoms with Crippen LogP contribution in [0.25, 0.3) is 0 Å². The maximum Gasteiger partial charge on any atom is 0.243 e. The zero-order valence-corrected chi connectivity index (χ0v) is 11.9. The van der Waals surface area contributed by atoms with E-state index < -0.39 is 35.6 Å². The summed E-state index contributed by atoms with van der Waals surface area (Å²) in [7, 11) is 0. The Kier molecular flexibility index (Phi) is 5.83. The molecule has 21 heavy (non-hydrogen) atoms. The van der Waals surface area contributed by atoms with E-state index in [1.165, 1.54) is 32.0 Å². The molecule has 1 aromatic rings. The quantitative estimate of drug-likeness (QED) is 0.681. The van der Waals surface area contributed by atoms with Crippen molar-refractivity contribution in [2.45, 2.75) is 32.4 Å². The summed E-state index contributed by atoms with van der Waals surface area (Å²) in [5, 5.41) is 4.80. The van der Waals surface area contributed by atoms with Crippen molar-refractivity contribution in [3.05, 3.63) is 35.6 Å². The molecule has 0 saturated heterocycles. The minimum atomic E-state index is -0.985. The van der Waals surface area contributed by atoms with Crippen molar-refractivity contribution in [1.29, 1.82) is 0 Å². The van der Waals surface area contributed by atoms with Gasteiger partial charge in [-0.2, -0.15) is 0 Å². The Morgan fingerprint density at radius 1 is 1.24 bits per heavy atom. The monoisotopic (exact) mass is 295 g/mol. The van der Waals surface area contributed by atoms with E-state index >= 15 is 0 Å². The molecule has 1 aromatic carbocycles. The van der Waals surface area contributed by atoms with E-state index in [9.17, 15) is 18.8 Å². The molecule has 0 fully saturated rings. The average molecular weight is 295 g/mol. The smallest absolute Gasteiger partial charge is 0.243 e. The van der Waals surface area contributed by atoms with Gasteiger partial charge in [-0.15, -0.1) is 0 Å². The highest BCUT2D eigenvalue weighted by molar-refractivity contribution is 5.91. The van der Waals surface area contributed by atoms with Crippen molar-refractivity contribution in [2.75, 3.05) is 0 Å². The van der Waals surface area contributed by atoms with Crippen LogP contribution in [0.2, 0.25) is 0 Å². The van der Waals surface area contributed by atoms with E-state index in [2.05, 4.69) is 10.6 Å². The van der Waals surface area contributed by atoms with Crippen LogP contribution in [0, 0.1) is 5.82 Å². The molecular weight excluding hydrogens is 277 g/mol. The molecule has 0 aliphatic rings. The van der Waals surface area contributed by atoms with Crippen LogP contribution >= 0.6 is 0 Å². The molecule has 3 amide bonds. The summed E-state index contributed by atoms with van der Waals surface area (Å²) in [6, 6.07) is 4.09. The Hall–Kier alpha value is -2.44. The molecule has 6 nitrogen and oxygen atoms in total. The van der Waals surface area contributed by atoms with Gasteiger partial charge < -0.3 is 16.4 Å². The minimum absolute atomic E-state index is 0.0242. The number of benzene rings is 1. The van der Waals surface area contributed by atoms with Crippen LogP contribution in [0.1, 0.15) is 19.4 Å². The van der Waals surface area contributed by atoms with Gasteiger partial charge in [-0.25, -0.2) is 4.39 Å². The van der Waals surface area contributed by atoms with Crippen LogP contribution in [-0.2, 0) is 20.8 Å². The number of hydrogen-bond acceptors (Lipinski definition) is 3. The Balaban J connectivity index is 2.85. The van der Waals surface area contributed by atoms with Crippen LogP contribution in [-0.4, -0.2) is 29.8 Å². The van der Waals surface area contributed by atoms with Crippen LogP contribution < -0.4 is 16.4 Å². The third-order valence-corrected chi connectivity index (χ3v) is 2.86. The molecule has 2 atom stereocenters. The molecule has 0 saturated carbocycles. The third kappa shape index (κ3) is 5.21. The summed E-state index contributed by atoms with van der Waals surface area (Å²) in [4.78, 5) is 34.2. The summed E-state index contributed by atoms with van der Waals surface area (Å²) in [5.41, 5.74) is 5.35. The van der Waals surface area contributed by atoms with Gasteiger partial charge in [-0.1, -0.05) is 18.2 Å². The van der Waals surface area contributed by atoms with Crippen molar-refractivity contribution in [3.8, 4) is 0 Å². The van der Waals surface area contributed by atoms with Gasteiger partial charge in [0.05, 0.1) is 0 Å². The molecule has 4 N–H and O–H groups in total. The molecule has 0 radical (unpaired) electrons. The number of halogens is 1. The van der Waals surface area contributed by atoms with Gasteiger partial charge >= 0.3 is 0 Å². The lowest BCUT2D eigenvalue weighted by atomic mass is 10.0. The van der Waals surface area contributed by atoms with Crippen LogP contribution in [0.15, 0.2) is 24.3 Å². The molecule has 0 heterocycles. The number of nitrogens with two attached hydrogens (primary N) is 1. The Morgan fingerprint density at radius 3 is 2.38 bits per heavy atom. The molecular formula is C14H18FN3O3. The van der Waals surface area contributed by atoms with Crippen molar-refractivity contribution >= 4 is 17.7 Å². The fourth-order valence-electron chi connectivity index (χ4n) is 1.72. The highest BCUT2D eigenvalue weighted by Crippen LogP contribution is 2.09. The van der Waals surface area contributed by atoms with Gasteiger partial charge in [0.2, 0.25) is 17.7 Å². The van der Waals surface area contributed by atoms with Crippen molar-refractivity contribution < 1.29 is 18.8 Å². The summed E-state index contributed by atoms with van der Waals surface area (Å²) in [5.74, 6) is -2.20. The number of nitrogens with one attached hydrogen (secondary N) is 2. The fourth-order valence-corrected chi connectivity index (χ4v) is 1.72. The predicted molar refractivity (Wildman–Crippen MR) is 74.5 cm³/mol. The highest BCUT2D eigenvalue weighted by atomic mass is 19.1. The van der Waals surface area contributed by atoms with Crippen LogP contribution in [0.3, 0.4) is 0 Å². The number of rotatable bonds is 6. The topological polar surface area (TPSA) is 101 Å². The maximum atomic E-state index is 13.6. The van der Waals surface area contributed by atoms with Gasteiger partial charge in [-0.05, 0) is 18.6 Å². The fraction of sp³-hybridized carbons (Fsp3) is 0.357. The number of amides is 3. The first-order valence-electron chi connectivity index (χ1n) is 6.41. The van der Waals surface area contributed by atoms with Gasteiger partial charge in [0, 0.05) is 13.3 Å². The van der Waals surface area contributed by atoms with Crippen molar-refractivity contribution in [1.82, 2.24) is 10.6 Å². The van der Waals surface area contributed by atoms with Crippen LogP contribution in [0.4, 0.5) is 4.39 Å². The number of carbonyl (C=O) groups is 3. The summed E-state index contributed by atoms with van der Waals surface area (Å²) in [6.45, 7) is 2.67. The molecule has 1 rings (SSSR count). The van der Waals surface area contributed by atoms with E-state index in [0.717, 1.165) is 0 Å². The lowest BCUT2D eigenvalue weighted by molar-refractivity contribution is -0.130. The first-order valence-corrected chi connectivity index (χ1v) is 6.41. The number of carbonyl (C=O) groups excluding carboxylic acids is 3. The first-order chi connectivity index (χ1) is 9.81. The molecule has 0 unspecified atom stereocenters. The highest BCUT2D eigenvalue weighted by Gasteiger charge is 2.23. The lowest BCUT2D eigenvalue weighted by Gasteiger charge is -2.20. The van der Waals surface area contributed by atoms with E-state index in [-0.39, 0.29) is 12.0 Å². The molecule has 0 aromatic heterocycles. The van der Waals surface area contributed by atoms with Gasteiger partial charge in [0.15, 0.2) is 0 Å². The average Bonchev–Trinajstić information content (AvgIpc) is 2.39. The summed E-state index contributed by atoms with van der Waals surface area (Å²) in [6.07, 6.45) is -0.0242. The zero-order valence-electron chi connectivity index (χ0n) is 11.9. The molecule has 7 heteroatoms. The molecule has 114 valence electrons. The first kappa shape index (κ1) is 16.6. The summed E-state index contributed by atoms with van der Waals surface area (Å²) >= 11 is 0. The second-order valence-corrected chi connectivity index (χ2v) is 4.68. The van der Waals surface area contributed by atoms with Crippen molar-refractivity contribution in [3.63, 3.8) is 0 Å². The third-order valence-electron chi connectivity index (χ3n) is 2.86. The second kappa shape index (κ2) is 7.37. The number of hydrogen-bond donors (Lipinski definition) is 3. The van der Waals surface area contributed by atoms with Crippen LogP contribution in [0.5, 0.6) is 0 Å². The van der Waals surface area contributed by atoms with Gasteiger partial charge in [0.1, 0.15) is 17.9 Å². The second-order valence-electron chi connectivity index (χ2n) is 4.68. The zero-order chi connectivity index (χ0) is 16.0. The van der Waals surface area contributed by atoms with E-state index in [1.807, 2.05) is 0 Å².